The molecule has 1 N–H and O–H groups in total. The number of hydrogen-bond donors (Lipinski definition) is 1. The third kappa shape index (κ3) is 4.71. The third-order valence-corrected chi connectivity index (χ3v) is 4.92. The lowest BCUT2D eigenvalue weighted by Gasteiger charge is -2.40. The molecular formula is C17H34N2O. The second kappa shape index (κ2) is 6.76. The van der Waals surface area contributed by atoms with Crippen molar-refractivity contribution in [3.8, 4) is 0 Å². The van der Waals surface area contributed by atoms with Crippen LogP contribution in [0.25, 0.3) is 0 Å². The van der Waals surface area contributed by atoms with E-state index in [0.29, 0.717) is 5.41 Å². The topological polar surface area (TPSA) is 24.5 Å². The number of rotatable bonds is 5. The molecule has 3 heteroatoms. The Balaban J connectivity index is 1.91. The minimum Gasteiger partial charge on any atom is -0.381 e. The average Bonchev–Trinajstić information content (AvgIpc) is 2.85. The molecule has 0 saturated carbocycles. The van der Waals surface area contributed by atoms with Gasteiger partial charge in [0.25, 0.3) is 0 Å². The van der Waals surface area contributed by atoms with Gasteiger partial charge in [-0.3, -0.25) is 0 Å². The number of nitrogens with one attached hydrogen (secondary N) is 1. The molecule has 0 amide bonds. The van der Waals surface area contributed by atoms with Gasteiger partial charge in [-0.15, -0.1) is 0 Å². The lowest BCUT2D eigenvalue weighted by atomic mass is 9.84. The first-order chi connectivity index (χ1) is 9.42. The summed E-state index contributed by atoms with van der Waals surface area (Å²) in [5.74, 6) is 0.915. The van der Waals surface area contributed by atoms with Gasteiger partial charge in [0.2, 0.25) is 0 Å². The van der Waals surface area contributed by atoms with Crippen LogP contribution in [0, 0.1) is 11.3 Å². The van der Waals surface area contributed by atoms with Crippen LogP contribution >= 0.6 is 0 Å². The van der Waals surface area contributed by atoms with Gasteiger partial charge in [-0.2, -0.15) is 0 Å². The summed E-state index contributed by atoms with van der Waals surface area (Å²) in [6.45, 7) is 15.9. The van der Waals surface area contributed by atoms with Gasteiger partial charge < -0.3 is 15.0 Å². The molecule has 2 rings (SSSR count). The van der Waals surface area contributed by atoms with Gasteiger partial charge in [-0.1, -0.05) is 13.3 Å². The Morgan fingerprint density at radius 2 is 2.15 bits per heavy atom. The molecule has 118 valence electrons. The van der Waals surface area contributed by atoms with Crippen molar-refractivity contribution < 1.29 is 4.74 Å². The summed E-state index contributed by atoms with van der Waals surface area (Å²) in [5, 5.41) is 3.71. The fourth-order valence-corrected chi connectivity index (χ4v) is 3.52. The Morgan fingerprint density at radius 3 is 2.75 bits per heavy atom. The van der Waals surface area contributed by atoms with Gasteiger partial charge in [0.1, 0.15) is 0 Å². The molecule has 2 heterocycles. The van der Waals surface area contributed by atoms with Crippen molar-refractivity contribution in [1.29, 1.82) is 0 Å². The molecule has 2 fully saturated rings. The van der Waals surface area contributed by atoms with Gasteiger partial charge in [0.05, 0.1) is 6.61 Å². The summed E-state index contributed by atoms with van der Waals surface area (Å²) in [6, 6.07) is 0. The van der Waals surface area contributed by atoms with Gasteiger partial charge in [-0.05, 0) is 52.5 Å². The molecule has 0 aromatic carbocycles. The molecule has 0 aromatic rings. The van der Waals surface area contributed by atoms with Crippen LogP contribution in [0.2, 0.25) is 0 Å². The smallest absolute Gasteiger partial charge is 0.0547 e. The van der Waals surface area contributed by atoms with Crippen LogP contribution in [0.4, 0.5) is 0 Å². The van der Waals surface area contributed by atoms with Crippen molar-refractivity contribution in [3.05, 3.63) is 0 Å². The van der Waals surface area contributed by atoms with Crippen molar-refractivity contribution in [2.45, 2.75) is 58.9 Å². The standard InChI is InChI=1S/C17H34N2O/c1-5-15-7-6-9-19(11-15)13-17(8-10-20-14-17)12-18-16(2,3)4/h15,18H,5-14H2,1-4H3. The Labute approximate surface area is 125 Å². The summed E-state index contributed by atoms with van der Waals surface area (Å²) in [6.07, 6.45) is 5.35. The van der Waals surface area contributed by atoms with Crippen LogP contribution in [0.5, 0.6) is 0 Å². The highest BCUT2D eigenvalue weighted by molar-refractivity contribution is 4.91. The Hall–Kier alpha value is -0.120. The predicted octanol–water partition coefficient (Wildman–Crippen LogP) is 2.90. The highest BCUT2D eigenvalue weighted by Crippen LogP contribution is 2.31. The molecule has 0 aliphatic carbocycles. The number of hydrogen-bond acceptors (Lipinski definition) is 3. The normalized spacial score (nSPS) is 32.7. The Morgan fingerprint density at radius 1 is 1.35 bits per heavy atom. The van der Waals surface area contributed by atoms with E-state index in [1.807, 2.05) is 0 Å². The fourth-order valence-electron chi connectivity index (χ4n) is 3.52. The Kier molecular flexibility index (Phi) is 5.49. The molecule has 0 radical (unpaired) electrons. The quantitative estimate of drug-likeness (QED) is 0.839. The summed E-state index contributed by atoms with van der Waals surface area (Å²) in [5.41, 5.74) is 0.534. The SMILES string of the molecule is CCC1CCCN(CC2(CNC(C)(C)C)CCOC2)C1. The molecule has 2 saturated heterocycles. The zero-order valence-electron chi connectivity index (χ0n) is 14.0. The molecule has 0 aromatic heterocycles. The van der Waals surface area contributed by atoms with E-state index in [1.165, 1.54) is 45.3 Å². The van der Waals surface area contributed by atoms with Gasteiger partial charge in [-0.25, -0.2) is 0 Å². The van der Waals surface area contributed by atoms with E-state index in [2.05, 4.69) is 37.9 Å². The predicted molar refractivity (Wildman–Crippen MR) is 85.1 cm³/mol. The van der Waals surface area contributed by atoms with Crippen LogP contribution < -0.4 is 5.32 Å². The van der Waals surface area contributed by atoms with Crippen LogP contribution in [-0.4, -0.2) is 49.8 Å². The van der Waals surface area contributed by atoms with Gasteiger partial charge in [0.15, 0.2) is 0 Å². The van der Waals surface area contributed by atoms with Crippen LogP contribution in [0.15, 0.2) is 0 Å². The number of likely N-dealkylation sites (tertiary alicyclic amines) is 1. The summed E-state index contributed by atoms with van der Waals surface area (Å²) in [7, 11) is 0. The lowest BCUT2D eigenvalue weighted by Crippen LogP contribution is -2.51. The molecule has 2 aliphatic heterocycles. The summed E-state index contributed by atoms with van der Waals surface area (Å²) in [4.78, 5) is 2.71. The Bertz CT molecular complexity index is 292. The number of nitrogens with zero attached hydrogens (tertiary/aromatic N) is 1. The maximum absolute atomic E-state index is 5.75. The van der Waals surface area contributed by atoms with Crippen molar-refractivity contribution in [2.24, 2.45) is 11.3 Å². The molecule has 0 bridgehead atoms. The molecule has 20 heavy (non-hydrogen) atoms. The maximum atomic E-state index is 5.75. The van der Waals surface area contributed by atoms with Gasteiger partial charge >= 0.3 is 0 Å². The van der Waals surface area contributed by atoms with E-state index in [-0.39, 0.29) is 5.54 Å². The lowest BCUT2D eigenvalue weighted by molar-refractivity contribution is 0.0777. The monoisotopic (exact) mass is 282 g/mol. The molecule has 2 atom stereocenters. The number of piperidine rings is 1. The summed E-state index contributed by atoms with van der Waals surface area (Å²) >= 11 is 0. The van der Waals surface area contributed by atoms with E-state index in [1.54, 1.807) is 0 Å². The van der Waals surface area contributed by atoms with E-state index in [4.69, 9.17) is 4.74 Å². The molecule has 2 unspecified atom stereocenters. The van der Waals surface area contributed by atoms with Crippen molar-refractivity contribution >= 4 is 0 Å². The third-order valence-electron chi connectivity index (χ3n) is 4.92. The zero-order valence-corrected chi connectivity index (χ0v) is 14.0. The molecular weight excluding hydrogens is 248 g/mol. The molecule has 0 spiro atoms. The first-order valence-corrected chi connectivity index (χ1v) is 8.48. The van der Waals surface area contributed by atoms with E-state index >= 15 is 0 Å². The number of ether oxygens (including phenoxy) is 1. The highest BCUT2D eigenvalue weighted by atomic mass is 16.5. The van der Waals surface area contributed by atoms with E-state index < -0.39 is 0 Å². The molecule has 3 nitrogen and oxygen atoms in total. The zero-order chi connectivity index (χ0) is 14.6. The van der Waals surface area contributed by atoms with Crippen LogP contribution in [-0.2, 0) is 4.74 Å². The first-order valence-electron chi connectivity index (χ1n) is 8.48. The van der Waals surface area contributed by atoms with Crippen molar-refractivity contribution in [1.82, 2.24) is 10.2 Å². The second-order valence-electron chi connectivity index (χ2n) is 8.06. The fraction of sp³-hybridized carbons (Fsp3) is 1.00. The highest BCUT2D eigenvalue weighted by Gasteiger charge is 2.38. The van der Waals surface area contributed by atoms with Crippen molar-refractivity contribution in [2.75, 3.05) is 39.4 Å². The molecule has 2 aliphatic rings. The maximum Gasteiger partial charge on any atom is 0.0547 e. The minimum atomic E-state index is 0.198. The summed E-state index contributed by atoms with van der Waals surface area (Å²) < 4.78 is 5.75. The first kappa shape index (κ1) is 16.3. The van der Waals surface area contributed by atoms with E-state index in [0.717, 1.165) is 25.7 Å². The largest absolute Gasteiger partial charge is 0.381 e. The van der Waals surface area contributed by atoms with E-state index in [9.17, 15) is 0 Å². The average molecular weight is 282 g/mol. The minimum absolute atomic E-state index is 0.198. The van der Waals surface area contributed by atoms with Crippen molar-refractivity contribution in [3.63, 3.8) is 0 Å². The van der Waals surface area contributed by atoms with Crippen LogP contribution in [0.1, 0.15) is 53.4 Å². The van der Waals surface area contributed by atoms with Crippen LogP contribution in [0.3, 0.4) is 0 Å². The van der Waals surface area contributed by atoms with Gasteiger partial charge in [0, 0.05) is 37.2 Å². The second-order valence-corrected chi connectivity index (χ2v) is 8.06.